The lowest BCUT2D eigenvalue weighted by atomic mass is 9.91. The largest absolute Gasteiger partial charge is 0.465 e. The Labute approximate surface area is 151 Å². The summed E-state index contributed by atoms with van der Waals surface area (Å²) < 4.78 is 30.0. The highest BCUT2D eigenvalue weighted by molar-refractivity contribution is 5.65. The number of halogens is 2. The predicted octanol–water partition coefficient (Wildman–Crippen LogP) is 4.35. The monoisotopic (exact) mass is 363 g/mol. The first kappa shape index (κ1) is 18.4. The summed E-state index contributed by atoms with van der Waals surface area (Å²) in [5.41, 5.74) is 1.04. The second kappa shape index (κ2) is 6.70. The summed E-state index contributed by atoms with van der Waals surface area (Å²) >= 11 is 0. The molecular weight excluding hydrogens is 340 g/mol. The number of nitrogens with one attached hydrogen (secondary N) is 1. The molecule has 140 valence electrons. The standard InChI is InChI=1S/C19H23F2N3O2/c1-19(2,3)15-9-22-17-14(23-18(25)26)8-7-11(10-24(15)17)12-5-4-6-13(20)16(12)21/h4-6,9,11,14,23H,7-8,10H2,1-3H3,(H,25,26)/t11-,14-/m1/s1. The number of rotatable bonds is 2. The molecular formula is C19H23F2N3O2. The van der Waals surface area contributed by atoms with Gasteiger partial charge in [0.15, 0.2) is 11.6 Å². The maximum absolute atomic E-state index is 14.4. The summed E-state index contributed by atoms with van der Waals surface area (Å²) in [5, 5.41) is 11.7. The third-order valence-corrected chi connectivity index (χ3v) is 4.89. The molecule has 7 heteroatoms. The maximum Gasteiger partial charge on any atom is 0.405 e. The Morgan fingerprint density at radius 1 is 1.31 bits per heavy atom. The first-order valence-electron chi connectivity index (χ1n) is 8.67. The molecule has 0 aliphatic carbocycles. The molecule has 0 saturated heterocycles. The molecule has 5 nitrogen and oxygen atoms in total. The molecule has 26 heavy (non-hydrogen) atoms. The third-order valence-electron chi connectivity index (χ3n) is 4.89. The Balaban J connectivity index is 2.06. The maximum atomic E-state index is 14.4. The average Bonchev–Trinajstić information content (AvgIpc) is 2.89. The lowest BCUT2D eigenvalue weighted by molar-refractivity contribution is 0.188. The second-order valence-corrected chi connectivity index (χ2v) is 7.78. The van der Waals surface area contributed by atoms with E-state index in [0.717, 1.165) is 11.8 Å². The zero-order valence-electron chi connectivity index (χ0n) is 15.1. The Hall–Kier alpha value is -2.44. The number of carboxylic acid groups (broad SMARTS) is 1. The van der Waals surface area contributed by atoms with E-state index in [1.54, 1.807) is 12.3 Å². The van der Waals surface area contributed by atoms with Crippen molar-refractivity contribution in [2.24, 2.45) is 0 Å². The molecule has 2 aromatic rings. The Morgan fingerprint density at radius 3 is 2.69 bits per heavy atom. The van der Waals surface area contributed by atoms with E-state index in [2.05, 4.69) is 10.3 Å². The lowest BCUT2D eigenvalue weighted by Gasteiger charge is -2.24. The van der Waals surface area contributed by atoms with Gasteiger partial charge in [0.1, 0.15) is 5.82 Å². The fraction of sp³-hybridized carbons (Fsp3) is 0.474. The van der Waals surface area contributed by atoms with Crippen molar-refractivity contribution in [3.8, 4) is 0 Å². The minimum Gasteiger partial charge on any atom is -0.465 e. The van der Waals surface area contributed by atoms with Gasteiger partial charge in [-0.05, 0) is 24.5 Å². The molecule has 0 fully saturated rings. The van der Waals surface area contributed by atoms with Gasteiger partial charge in [-0.3, -0.25) is 0 Å². The number of aromatic nitrogens is 2. The molecule has 2 atom stereocenters. The van der Waals surface area contributed by atoms with Crippen LogP contribution in [0.2, 0.25) is 0 Å². The van der Waals surface area contributed by atoms with Crippen molar-refractivity contribution in [3.05, 3.63) is 53.1 Å². The van der Waals surface area contributed by atoms with Crippen LogP contribution in [0.1, 0.15) is 62.7 Å². The van der Waals surface area contributed by atoms with Crippen LogP contribution >= 0.6 is 0 Å². The van der Waals surface area contributed by atoms with Crippen LogP contribution in [0.4, 0.5) is 13.6 Å². The van der Waals surface area contributed by atoms with Crippen molar-refractivity contribution < 1.29 is 18.7 Å². The molecule has 0 bridgehead atoms. The smallest absolute Gasteiger partial charge is 0.405 e. The van der Waals surface area contributed by atoms with Crippen molar-refractivity contribution >= 4 is 6.09 Å². The van der Waals surface area contributed by atoms with E-state index >= 15 is 0 Å². The predicted molar refractivity (Wildman–Crippen MR) is 93.2 cm³/mol. The zero-order valence-corrected chi connectivity index (χ0v) is 15.1. The number of fused-ring (bicyclic) bond motifs is 1. The quantitative estimate of drug-likeness (QED) is 0.834. The molecule has 1 aliphatic heterocycles. The molecule has 2 heterocycles. The van der Waals surface area contributed by atoms with Gasteiger partial charge in [-0.15, -0.1) is 0 Å². The van der Waals surface area contributed by atoms with Gasteiger partial charge in [-0.25, -0.2) is 18.6 Å². The van der Waals surface area contributed by atoms with Gasteiger partial charge in [0.05, 0.1) is 6.04 Å². The number of carbonyl (C=O) groups is 1. The minimum atomic E-state index is -1.13. The highest BCUT2D eigenvalue weighted by Crippen LogP contribution is 2.37. The first-order valence-corrected chi connectivity index (χ1v) is 8.67. The van der Waals surface area contributed by atoms with Gasteiger partial charge >= 0.3 is 6.09 Å². The second-order valence-electron chi connectivity index (χ2n) is 7.78. The minimum absolute atomic E-state index is 0.214. The van der Waals surface area contributed by atoms with Crippen LogP contribution in [-0.4, -0.2) is 20.8 Å². The van der Waals surface area contributed by atoms with Crippen molar-refractivity contribution in [2.45, 2.75) is 57.5 Å². The van der Waals surface area contributed by atoms with Crippen LogP contribution in [0.5, 0.6) is 0 Å². The summed E-state index contributed by atoms with van der Waals surface area (Å²) in [6, 6.07) is 3.73. The lowest BCUT2D eigenvalue weighted by Crippen LogP contribution is -2.29. The SMILES string of the molecule is CC(C)(C)c1cnc2n1C[C@H](c1cccc(F)c1F)CC[C@H]2NC(=O)O. The normalized spacial score (nSPS) is 20.3. The van der Waals surface area contributed by atoms with E-state index in [0.29, 0.717) is 30.8 Å². The third kappa shape index (κ3) is 3.43. The summed E-state index contributed by atoms with van der Waals surface area (Å²) in [6.45, 7) is 6.55. The van der Waals surface area contributed by atoms with Gasteiger partial charge in [0.2, 0.25) is 0 Å². The molecule has 1 aromatic carbocycles. The van der Waals surface area contributed by atoms with Crippen molar-refractivity contribution in [1.29, 1.82) is 0 Å². The summed E-state index contributed by atoms with van der Waals surface area (Å²) in [4.78, 5) is 15.6. The number of benzene rings is 1. The molecule has 0 unspecified atom stereocenters. The van der Waals surface area contributed by atoms with Gasteiger partial charge in [0, 0.05) is 29.8 Å². The van der Waals surface area contributed by atoms with Crippen LogP contribution in [0.3, 0.4) is 0 Å². The molecule has 2 N–H and O–H groups in total. The molecule has 0 spiro atoms. The Kier molecular flexibility index (Phi) is 4.73. The van der Waals surface area contributed by atoms with E-state index in [-0.39, 0.29) is 11.3 Å². The molecule has 1 aromatic heterocycles. The fourth-order valence-corrected chi connectivity index (χ4v) is 3.64. The van der Waals surface area contributed by atoms with Crippen LogP contribution in [0, 0.1) is 11.6 Å². The highest BCUT2D eigenvalue weighted by atomic mass is 19.2. The molecule has 0 radical (unpaired) electrons. The molecule has 0 saturated carbocycles. The fourth-order valence-electron chi connectivity index (χ4n) is 3.64. The molecule has 1 amide bonds. The van der Waals surface area contributed by atoms with Gasteiger partial charge in [-0.1, -0.05) is 32.9 Å². The van der Waals surface area contributed by atoms with Crippen LogP contribution in [0.15, 0.2) is 24.4 Å². The van der Waals surface area contributed by atoms with Crippen molar-refractivity contribution in [1.82, 2.24) is 14.9 Å². The zero-order chi connectivity index (χ0) is 19.1. The number of amides is 1. The summed E-state index contributed by atoms with van der Waals surface area (Å²) in [7, 11) is 0. The molecule has 3 rings (SSSR count). The van der Waals surface area contributed by atoms with Gasteiger partial charge < -0.3 is 15.0 Å². The highest BCUT2D eigenvalue weighted by Gasteiger charge is 2.32. The van der Waals surface area contributed by atoms with Gasteiger partial charge in [-0.2, -0.15) is 0 Å². The number of hydrogen-bond acceptors (Lipinski definition) is 2. The van der Waals surface area contributed by atoms with E-state index < -0.39 is 23.8 Å². The Morgan fingerprint density at radius 2 is 2.04 bits per heavy atom. The topological polar surface area (TPSA) is 67.2 Å². The number of imidazole rings is 1. The summed E-state index contributed by atoms with van der Waals surface area (Å²) in [6.07, 6.45) is 1.61. The van der Waals surface area contributed by atoms with Crippen LogP contribution in [-0.2, 0) is 12.0 Å². The van der Waals surface area contributed by atoms with E-state index in [1.807, 2.05) is 25.3 Å². The van der Waals surface area contributed by atoms with Crippen LogP contribution < -0.4 is 5.32 Å². The van der Waals surface area contributed by atoms with Gasteiger partial charge in [0.25, 0.3) is 0 Å². The first-order chi connectivity index (χ1) is 12.2. The summed E-state index contributed by atoms with van der Waals surface area (Å²) in [5.74, 6) is -1.34. The van der Waals surface area contributed by atoms with Crippen molar-refractivity contribution in [2.75, 3.05) is 0 Å². The van der Waals surface area contributed by atoms with E-state index in [9.17, 15) is 13.6 Å². The van der Waals surface area contributed by atoms with E-state index in [4.69, 9.17) is 5.11 Å². The van der Waals surface area contributed by atoms with E-state index in [1.165, 1.54) is 6.07 Å². The number of hydrogen-bond donors (Lipinski definition) is 2. The van der Waals surface area contributed by atoms with Crippen LogP contribution in [0.25, 0.3) is 0 Å². The van der Waals surface area contributed by atoms with Crippen molar-refractivity contribution in [3.63, 3.8) is 0 Å². The molecule has 1 aliphatic rings. The Bertz CT molecular complexity index is 827. The number of nitrogens with zero attached hydrogens (tertiary/aromatic N) is 2. The average molecular weight is 363 g/mol.